The van der Waals surface area contributed by atoms with Crippen LogP contribution in [-0.2, 0) is 11.2 Å². The third-order valence-corrected chi connectivity index (χ3v) is 14.8. The molecule has 1 aliphatic rings. The normalized spacial score (nSPS) is 18.8. The van der Waals surface area contributed by atoms with Gasteiger partial charge in [-0.25, -0.2) is 0 Å². The summed E-state index contributed by atoms with van der Waals surface area (Å²) in [4.78, 5) is 5.72. The Morgan fingerprint density at radius 1 is 0.704 bits per heavy atom. The van der Waals surface area contributed by atoms with E-state index in [9.17, 15) is 0 Å². The van der Waals surface area contributed by atoms with E-state index in [2.05, 4.69) is 26.0 Å². The molecule has 0 spiro atoms. The number of benzene rings is 1. The molecule has 0 aliphatic carbocycles. The van der Waals surface area contributed by atoms with Crippen molar-refractivity contribution in [2.24, 2.45) is 0 Å². The van der Waals surface area contributed by atoms with Crippen molar-refractivity contribution in [3.8, 4) is 0 Å². The molecule has 154 valence electrons. The molecule has 1 aliphatic heterocycles. The summed E-state index contributed by atoms with van der Waals surface area (Å²) in [6, 6.07) is 10.3. The summed E-state index contributed by atoms with van der Waals surface area (Å²) in [5.41, 5.74) is 1.09. The van der Waals surface area contributed by atoms with Gasteiger partial charge in [0.05, 0.1) is 0 Å². The number of hydrogen-bond donors (Lipinski definition) is 0. The third kappa shape index (κ3) is 8.84. The predicted molar refractivity (Wildman–Crippen MR) is 115 cm³/mol. The standard InChI is InChI=1S/2C8H17.C7H7O3.Sn/c2*1-3-5-7-8-6-4-2;8-7(10-9)6-4-2-1-3-5-6;/h2*1,3-8H2,2H3;1-5,7,9H;/q;;-1;+2/p-1/t;;7-;/m..0./s1. The first kappa shape index (κ1) is 23.2. The Morgan fingerprint density at radius 3 is 1.78 bits per heavy atom. The van der Waals surface area contributed by atoms with Crippen molar-refractivity contribution in [1.29, 1.82) is 0 Å². The Bertz CT molecular complexity index is 464. The molecule has 27 heavy (non-hydrogen) atoms. The molecule has 1 aromatic rings. The van der Waals surface area contributed by atoms with Crippen LogP contribution in [-0.4, -0.2) is 19.2 Å². The number of rotatable bonds is 15. The van der Waals surface area contributed by atoms with Gasteiger partial charge in [0.25, 0.3) is 0 Å². The fourth-order valence-corrected chi connectivity index (χ4v) is 12.6. The fourth-order valence-electron chi connectivity index (χ4n) is 3.78. The van der Waals surface area contributed by atoms with Gasteiger partial charge in [0.1, 0.15) is 0 Å². The van der Waals surface area contributed by atoms with Gasteiger partial charge in [-0.2, -0.15) is 0 Å². The monoisotopic (exact) mass is 484 g/mol. The molecule has 1 atom stereocenters. The van der Waals surface area contributed by atoms with Crippen LogP contribution in [0.4, 0.5) is 0 Å². The second kappa shape index (κ2) is 14.0. The molecule has 0 saturated carbocycles. The maximum absolute atomic E-state index is 6.56. The van der Waals surface area contributed by atoms with E-state index in [0.29, 0.717) is 0 Å². The Balaban J connectivity index is 1.81. The van der Waals surface area contributed by atoms with Crippen LogP contribution in [0.25, 0.3) is 0 Å². The molecule has 1 saturated heterocycles. The van der Waals surface area contributed by atoms with Crippen molar-refractivity contribution >= 4 is 19.2 Å². The van der Waals surface area contributed by atoms with Gasteiger partial charge in [-0.15, -0.1) is 0 Å². The van der Waals surface area contributed by atoms with Crippen molar-refractivity contribution in [3.05, 3.63) is 35.9 Å². The summed E-state index contributed by atoms with van der Waals surface area (Å²) in [5, 5.41) is 0. The van der Waals surface area contributed by atoms with Crippen molar-refractivity contribution in [1.82, 2.24) is 0 Å². The summed E-state index contributed by atoms with van der Waals surface area (Å²) in [6.45, 7) is 4.54. The SMILES string of the molecule is CCCCCCC[CH2][Sn]1([CH2]CCCCCCC)[O]O[C@@H](c2ccccc2)[O]1. The summed E-state index contributed by atoms with van der Waals surface area (Å²) in [5.74, 6) is 0. The van der Waals surface area contributed by atoms with E-state index in [1.807, 2.05) is 18.2 Å². The maximum atomic E-state index is 6.56. The van der Waals surface area contributed by atoms with Crippen LogP contribution < -0.4 is 0 Å². The van der Waals surface area contributed by atoms with Crippen LogP contribution in [0.1, 0.15) is 103 Å². The predicted octanol–water partition coefficient (Wildman–Crippen LogP) is 7.83. The van der Waals surface area contributed by atoms with Gasteiger partial charge in [0.15, 0.2) is 0 Å². The van der Waals surface area contributed by atoms with Gasteiger partial charge in [-0.3, -0.25) is 0 Å². The summed E-state index contributed by atoms with van der Waals surface area (Å²) in [7, 11) is 0. The molecule has 2 rings (SSSR count). The van der Waals surface area contributed by atoms with E-state index >= 15 is 0 Å². The van der Waals surface area contributed by atoms with Crippen molar-refractivity contribution < 1.29 is 11.2 Å². The van der Waals surface area contributed by atoms with Gasteiger partial charge >= 0.3 is 172 Å². The molecule has 3 nitrogen and oxygen atoms in total. The van der Waals surface area contributed by atoms with E-state index in [1.54, 1.807) is 0 Å². The molecule has 0 unspecified atom stereocenters. The summed E-state index contributed by atoms with van der Waals surface area (Å²) < 4.78 is 14.9. The molecular weight excluding hydrogens is 443 g/mol. The van der Waals surface area contributed by atoms with Gasteiger partial charge < -0.3 is 0 Å². The first-order valence-corrected chi connectivity index (χ1v) is 17.7. The van der Waals surface area contributed by atoms with Crippen LogP contribution in [0.2, 0.25) is 8.87 Å². The zero-order valence-corrected chi connectivity index (χ0v) is 20.4. The van der Waals surface area contributed by atoms with E-state index in [4.69, 9.17) is 11.2 Å². The van der Waals surface area contributed by atoms with Crippen LogP contribution >= 0.6 is 0 Å². The molecule has 4 heteroatoms. The van der Waals surface area contributed by atoms with Gasteiger partial charge in [-0.1, -0.05) is 0 Å². The summed E-state index contributed by atoms with van der Waals surface area (Å²) >= 11 is -3.10. The minimum atomic E-state index is -3.10. The Kier molecular flexibility index (Phi) is 12.0. The molecule has 0 radical (unpaired) electrons. The van der Waals surface area contributed by atoms with Crippen LogP contribution in [0, 0.1) is 0 Å². The first-order chi connectivity index (χ1) is 13.3. The van der Waals surface area contributed by atoms with Crippen LogP contribution in [0.5, 0.6) is 0 Å². The average Bonchev–Trinajstić information content (AvgIpc) is 3.13. The van der Waals surface area contributed by atoms with Crippen LogP contribution in [0.15, 0.2) is 30.3 Å². The molecule has 1 fully saturated rings. The molecule has 0 N–H and O–H groups in total. The van der Waals surface area contributed by atoms with E-state index in [0.717, 1.165) is 14.4 Å². The fraction of sp³-hybridized carbons (Fsp3) is 0.739. The second-order valence-electron chi connectivity index (χ2n) is 7.99. The van der Waals surface area contributed by atoms with Crippen molar-refractivity contribution in [2.75, 3.05) is 0 Å². The zero-order chi connectivity index (χ0) is 19.2. The molecular formula is C23H40O3Sn. The van der Waals surface area contributed by atoms with E-state index in [-0.39, 0.29) is 6.29 Å². The van der Waals surface area contributed by atoms with Gasteiger partial charge in [0, 0.05) is 0 Å². The van der Waals surface area contributed by atoms with Crippen molar-refractivity contribution in [2.45, 2.75) is 106 Å². The Labute approximate surface area is 172 Å². The average molecular weight is 483 g/mol. The summed E-state index contributed by atoms with van der Waals surface area (Å²) in [6.07, 6.45) is 15.5. The first-order valence-electron chi connectivity index (χ1n) is 11.4. The quantitative estimate of drug-likeness (QED) is 0.145. The van der Waals surface area contributed by atoms with Crippen molar-refractivity contribution in [3.63, 3.8) is 0 Å². The number of hydrogen-bond acceptors (Lipinski definition) is 3. The van der Waals surface area contributed by atoms with E-state index in [1.165, 1.54) is 77.0 Å². The Hall–Kier alpha value is -0.101. The third-order valence-electron chi connectivity index (χ3n) is 5.50. The van der Waals surface area contributed by atoms with Crippen LogP contribution in [0.3, 0.4) is 0 Å². The zero-order valence-electron chi connectivity index (χ0n) is 17.6. The molecule has 0 bridgehead atoms. The second-order valence-corrected chi connectivity index (χ2v) is 17.2. The van der Waals surface area contributed by atoms with Gasteiger partial charge in [-0.05, 0) is 0 Å². The molecule has 0 amide bonds. The molecule has 1 aromatic carbocycles. The topological polar surface area (TPSA) is 27.7 Å². The molecule has 1 heterocycles. The molecule has 0 aromatic heterocycles. The number of unbranched alkanes of at least 4 members (excludes halogenated alkanes) is 10. The van der Waals surface area contributed by atoms with E-state index < -0.39 is 19.2 Å². The Morgan fingerprint density at radius 2 is 1.22 bits per heavy atom. The van der Waals surface area contributed by atoms with Gasteiger partial charge in [0.2, 0.25) is 0 Å². The minimum absolute atomic E-state index is 0.304.